The largest absolute Gasteiger partial charge is 0.497 e. The van der Waals surface area contributed by atoms with Crippen molar-refractivity contribution in [1.82, 2.24) is 10.6 Å². The standard InChI is InChI=1S/C28H33N3O4/c1-19-16-22(17-20(2)26(19)35-4)27(32)31-25(18-21-8-6-5-7-9-21)28(33)30-15-14-29-23-10-12-24(34-3)13-11-23/h5-13,16-17,25,29H,14-15,18H2,1-4H3,(H,30,33)(H,31,32). The van der Waals surface area contributed by atoms with E-state index in [1.54, 1.807) is 26.4 Å². The predicted molar refractivity (Wildman–Crippen MR) is 138 cm³/mol. The molecule has 0 aliphatic carbocycles. The van der Waals surface area contributed by atoms with E-state index in [0.717, 1.165) is 33.9 Å². The molecular formula is C28H33N3O4. The van der Waals surface area contributed by atoms with Crippen molar-refractivity contribution in [2.45, 2.75) is 26.3 Å². The van der Waals surface area contributed by atoms with Gasteiger partial charge in [-0.25, -0.2) is 0 Å². The first-order valence-electron chi connectivity index (χ1n) is 11.6. The van der Waals surface area contributed by atoms with Gasteiger partial charge in [-0.15, -0.1) is 0 Å². The SMILES string of the molecule is COc1ccc(NCCNC(=O)C(Cc2ccccc2)NC(=O)c2cc(C)c(OC)c(C)c2)cc1. The summed E-state index contributed by atoms with van der Waals surface area (Å²) in [6, 6.07) is 20.0. The Morgan fingerprint density at radius 3 is 2.11 bits per heavy atom. The minimum Gasteiger partial charge on any atom is -0.497 e. The van der Waals surface area contributed by atoms with Gasteiger partial charge in [-0.3, -0.25) is 9.59 Å². The molecule has 2 amide bonds. The maximum atomic E-state index is 13.1. The van der Waals surface area contributed by atoms with Crippen molar-refractivity contribution in [2.75, 3.05) is 32.6 Å². The number of carbonyl (C=O) groups excluding carboxylic acids is 2. The van der Waals surface area contributed by atoms with Crippen LogP contribution in [0.5, 0.6) is 11.5 Å². The van der Waals surface area contributed by atoms with Crippen molar-refractivity contribution in [3.63, 3.8) is 0 Å². The summed E-state index contributed by atoms with van der Waals surface area (Å²) in [5.41, 5.74) is 4.12. The first-order valence-corrected chi connectivity index (χ1v) is 11.6. The van der Waals surface area contributed by atoms with E-state index < -0.39 is 6.04 Å². The van der Waals surface area contributed by atoms with Gasteiger partial charge in [0.15, 0.2) is 0 Å². The first-order chi connectivity index (χ1) is 16.9. The van der Waals surface area contributed by atoms with Crippen molar-refractivity contribution in [2.24, 2.45) is 0 Å². The van der Waals surface area contributed by atoms with Crippen molar-refractivity contribution < 1.29 is 19.1 Å². The average Bonchev–Trinajstić information content (AvgIpc) is 2.86. The average molecular weight is 476 g/mol. The van der Waals surface area contributed by atoms with Gasteiger partial charge < -0.3 is 25.4 Å². The van der Waals surface area contributed by atoms with Crippen LogP contribution in [0.2, 0.25) is 0 Å². The van der Waals surface area contributed by atoms with Crippen LogP contribution in [-0.2, 0) is 11.2 Å². The zero-order valence-corrected chi connectivity index (χ0v) is 20.7. The van der Waals surface area contributed by atoms with Crippen molar-refractivity contribution >= 4 is 17.5 Å². The third kappa shape index (κ3) is 7.24. The molecule has 35 heavy (non-hydrogen) atoms. The van der Waals surface area contributed by atoms with Crippen molar-refractivity contribution in [1.29, 1.82) is 0 Å². The fourth-order valence-corrected chi connectivity index (χ4v) is 3.93. The number of anilines is 1. The molecule has 1 unspecified atom stereocenters. The summed E-state index contributed by atoms with van der Waals surface area (Å²) in [5, 5.41) is 9.11. The Hall–Kier alpha value is -4.00. The molecule has 0 fully saturated rings. The number of amides is 2. The van der Waals surface area contributed by atoms with E-state index >= 15 is 0 Å². The third-order valence-electron chi connectivity index (χ3n) is 5.67. The molecule has 0 saturated carbocycles. The van der Waals surface area contributed by atoms with E-state index in [0.29, 0.717) is 25.1 Å². The second-order valence-corrected chi connectivity index (χ2v) is 8.31. The molecule has 3 aromatic carbocycles. The monoisotopic (exact) mass is 475 g/mol. The Kier molecular flexibility index (Phi) is 9.12. The Labute approximate surface area is 206 Å². The van der Waals surface area contributed by atoms with E-state index in [4.69, 9.17) is 9.47 Å². The summed E-state index contributed by atoms with van der Waals surface area (Å²) >= 11 is 0. The molecule has 7 nitrogen and oxygen atoms in total. The van der Waals surface area contributed by atoms with Gasteiger partial charge in [0.05, 0.1) is 14.2 Å². The minimum absolute atomic E-state index is 0.235. The van der Waals surface area contributed by atoms with E-state index in [1.165, 1.54) is 0 Å². The molecule has 184 valence electrons. The van der Waals surface area contributed by atoms with E-state index in [-0.39, 0.29) is 11.8 Å². The van der Waals surface area contributed by atoms with Crippen LogP contribution in [0.3, 0.4) is 0 Å². The molecule has 0 aliphatic rings. The number of benzene rings is 3. The molecule has 1 atom stereocenters. The third-order valence-corrected chi connectivity index (χ3v) is 5.67. The lowest BCUT2D eigenvalue weighted by Crippen LogP contribution is -2.48. The molecule has 0 radical (unpaired) electrons. The molecule has 3 rings (SSSR count). The Balaban J connectivity index is 1.64. The second-order valence-electron chi connectivity index (χ2n) is 8.31. The van der Waals surface area contributed by atoms with Crippen LogP contribution in [0.15, 0.2) is 66.7 Å². The van der Waals surface area contributed by atoms with Crippen LogP contribution in [0.25, 0.3) is 0 Å². The van der Waals surface area contributed by atoms with Crippen LogP contribution in [0, 0.1) is 13.8 Å². The molecule has 0 heterocycles. The van der Waals surface area contributed by atoms with E-state index in [9.17, 15) is 9.59 Å². The van der Waals surface area contributed by atoms with Gasteiger partial charge in [0, 0.05) is 30.8 Å². The quantitative estimate of drug-likeness (QED) is 0.366. The Morgan fingerprint density at radius 2 is 1.51 bits per heavy atom. The summed E-state index contributed by atoms with van der Waals surface area (Å²) in [6.45, 7) is 4.74. The fraction of sp³-hybridized carbons (Fsp3) is 0.286. The van der Waals surface area contributed by atoms with Crippen LogP contribution >= 0.6 is 0 Å². The summed E-state index contributed by atoms with van der Waals surface area (Å²) < 4.78 is 10.6. The maximum absolute atomic E-state index is 13.1. The van der Waals surface area contributed by atoms with Gasteiger partial charge in [-0.1, -0.05) is 30.3 Å². The van der Waals surface area contributed by atoms with Crippen molar-refractivity contribution in [3.8, 4) is 11.5 Å². The van der Waals surface area contributed by atoms with Gasteiger partial charge in [0.25, 0.3) is 5.91 Å². The van der Waals surface area contributed by atoms with Gasteiger partial charge in [-0.2, -0.15) is 0 Å². The van der Waals surface area contributed by atoms with Crippen molar-refractivity contribution in [3.05, 3.63) is 89.0 Å². The summed E-state index contributed by atoms with van der Waals surface area (Å²) in [6.07, 6.45) is 0.387. The molecule has 7 heteroatoms. The highest BCUT2D eigenvalue weighted by Gasteiger charge is 2.22. The summed E-state index contributed by atoms with van der Waals surface area (Å²) in [7, 11) is 3.23. The highest BCUT2D eigenvalue weighted by atomic mass is 16.5. The summed E-state index contributed by atoms with van der Waals surface area (Å²) in [4.78, 5) is 26.1. The predicted octanol–water partition coefficient (Wildman–Crippen LogP) is 3.89. The molecule has 0 saturated heterocycles. The first kappa shape index (κ1) is 25.6. The molecule has 3 N–H and O–H groups in total. The normalized spacial score (nSPS) is 11.3. The van der Waals surface area contributed by atoms with Gasteiger partial charge in [-0.05, 0) is 66.9 Å². The van der Waals surface area contributed by atoms with Crippen LogP contribution < -0.4 is 25.4 Å². The second kappa shape index (κ2) is 12.5. The number of rotatable bonds is 11. The molecule has 3 aromatic rings. The van der Waals surface area contributed by atoms with Crippen LogP contribution in [0.4, 0.5) is 5.69 Å². The number of methoxy groups -OCH3 is 2. The number of ether oxygens (including phenoxy) is 2. The highest BCUT2D eigenvalue weighted by molar-refractivity contribution is 5.98. The lowest BCUT2D eigenvalue weighted by atomic mass is 10.0. The molecule has 0 spiro atoms. The van der Waals surface area contributed by atoms with Gasteiger partial charge in [0.2, 0.25) is 5.91 Å². The smallest absolute Gasteiger partial charge is 0.251 e. The van der Waals surface area contributed by atoms with Crippen LogP contribution in [0.1, 0.15) is 27.0 Å². The number of hydrogen-bond donors (Lipinski definition) is 3. The Morgan fingerprint density at radius 1 is 0.857 bits per heavy atom. The molecule has 0 aliphatic heterocycles. The molecule has 0 aromatic heterocycles. The number of carbonyl (C=O) groups is 2. The topological polar surface area (TPSA) is 88.7 Å². The van der Waals surface area contributed by atoms with Crippen LogP contribution in [-0.4, -0.2) is 45.2 Å². The number of hydrogen-bond acceptors (Lipinski definition) is 5. The Bertz CT molecular complexity index is 1110. The van der Waals surface area contributed by atoms with Gasteiger partial charge >= 0.3 is 0 Å². The zero-order valence-electron chi connectivity index (χ0n) is 20.7. The number of nitrogens with one attached hydrogen (secondary N) is 3. The number of aryl methyl sites for hydroxylation is 2. The van der Waals surface area contributed by atoms with E-state index in [1.807, 2.05) is 68.4 Å². The minimum atomic E-state index is -0.714. The lowest BCUT2D eigenvalue weighted by Gasteiger charge is -2.20. The maximum Gasteiger partial charge on any atom is 0.251 e. The molecule has 0 bridgehead atoms. The highest BCUT2D eigenvalue weighted by Crippen LogP contribution is 2.24. The fourth-order valence-electron chi connectivity index (χ4n) is 3.93. The zero-order chi connectivity index (χ0) is 25.2. The van der Waals surface area contributed by atoms with E-state index in [2.05, 4.69) is 16.0 Å². The molecular weight excluding hydrogens is 442 g/mol. The van der Waals surface area contributed by atoms with Gasteiger partial charge in [0.1, 0.15) is 17.5 Å². The lowest BCUT2D eigenvalue weighted by molar-refractivity contribution is -0.122. The summed E-state index contributed by atoms with van der Waals surface area (Å²) in [5.74, 6) is 1.00.